The molecule has 1 aromatic carbocycles. The second-order valence-electron chi connectivity index (χ2n) is 4.37. The zero-order valence-electron chi connectivity index (χ0n) is 12.1. The fraction of sp³-hybridized carbons (Fsp3) is 0.312. The molecule has 0 bridgehead atoms. The Kier molecular flexibility index (Phi) is 5.24. The predicted octanol–water partition coefficient (Wildman–Crippen LogP) is 3.04. The first-order valence-electron chi connectivity index (χ1n) is 6.74. The molecular formula is C16H18N2O3. The summed E-state index contributed by atoms with van der Waals surface area (Å²) in [6.07, 6.45) is 1.61. The first-order chi connectivity index (χ1) is 10.3. The van der Waals surface area contributed by atoms with Gasteiger partial charge in [0.2, 0.25) is 0 Å². The van der Waals surface area contributed by atoms with E-state index in [-0.39, 0.29) is 0 Å². The van der Waals surface area contributed by atoms with Gasteiger partial charge in [0.1, 0.15) is 11.8 Å². The molecule has 5 nitrogen and oxygen atoms in total. The van der Waals surface area contributed by atoms with Gasteiger partial charge in [-0.2, -0.15) is 5.26 Å². The third kappa shape index (κ3) is 3.77. The van der Waals surface area contributed by atoms with Crippen LogP contribution in [-0.4, -0.2) is 13.7 Å². The highest BCUT2D eigenvalue weighted by atomic mass is 16.5. The molecule has 0 spiro atoms. The quantitative estimate of drug-likeness (QED) is 0.847. The van der Waals surface area contributed by atoms with Crippen molar-refractivity contribution in [1.29, 1.82) is 5.26 Å². The van der Waals surface area contributed by atoms with E-state index in [2.05, 4.69) is 11.4 Å². The van der Waals surface area contributed by atoms with Gasteiger partial charge in [0.15, 0.2) is 11.5 Å². The van der Waals surface area contributed by atoms with E-state index in [4.69, 9.17) is 13.9 Å². The van der Waals surface area contributed by atoms with Crippen molar-refractivity contribution in [3.63, 3.8) is 0 Å². The molecule has 0 saturated carbocycles. The number of hydrogen-bond donors (Lipinski definition) is 1. The molecule has 1 atom stereocenters. The van der Waals surface area contributed by atoms with Crippen molar-refractivity contribution >= 4 is 0 Å². The van der Waals surface area contributed by atoms with Crippen molar-refractivity contribution in [2.75, 3.05) is 13.7 Å². The molecule has 2 rings (SSSR count). The highest BCUT2D eigenvalue weighted by Crippen LogP contribution is 2.30. The number of nitrogens with one attached hydrogen (secondary N) is 1. The number of nitrogens with zero attached hydrogens (tertiary/aromatic N) is 1. The number of furan rings is 1. The molecule has 0 radical (unpaired) electrons. The van der Waals surface area contributed by atoms with Crippen LogP contribution in [0.3, 0.4) is 0 Å². The molecule has 1 unspecified atom stereocenters. The average molecular weight is 286 g/mol. The van der Waals surface area contributed by atoms with E-state index in [9.17, 15) is 5.26 Å². The smallest absolute Gasteiger partial charge is 0.161 e. The van der Waals surface area contributed by atoms with Gasteiger partial charge in [-0.25, -0.2) is 0 Å². The van der Waals surface area contributed by atoms with Crippen molar-refractivity contribution in [2.45, 2.75) is 19.5 Å². The summed E-state index contributed by atoms with van der Waals surface area (Å²) in [5.74, 6) is 2.08. The summed E-state index contributed by atoms with van der Waals surface area (Å²) in [4.78, 5) is 0. The molecule has 0 saturated heterocycles. The van der Waals surface area contributed by atoms with Gasteiger partial charge < -0.3 is 13.9 Å². The molecule has 110 valence electrons. The number of rotatable bonds is 7. The van der Waals surface area contributed by atoms with Crippen LogP contribution in [0.5, 0.6) is 11.5 Å². The molecule has 0 amide bonds. The maximum absolute atomic E-state index is 9.33. The van der Waals surface area contributed by atoms with Crippen molar-refractivity contribution in [2.24, 2.45) is 0 Å². The summed E-state index contributed by atoms with van der Waals surface area (Å²) in [6, 6.07) is 11.0. The molecule has 1 aromatic heterocycles. The highest BCUT2D eigenvalue weighted by molar-refractivity contribution is 5.44. The van der Waals surface area contributed by atoms with Crippen LogP contribution in [0.15, 0.2) is 41.0 Å². The standard InChI is InChI=1S/C16H18N2O3/c1-3-20-15-7-6-12(9-16(15)19-2)14(10-17)18-11-13-5-4-8-21-13/h4-9,14,18H,3,11H2,1-2H3. The largest absolute Gasteiger partial charge is 0.493 e. The Bertz CT molecular complexity index is 602. The Morgan fingerprint density at radius 3 is 2.81 bits per heavy atom. The van der Waals surface area contributed by atoms with Crippen LogP contribution in [0.4, 0.5) is 0 Å². The van der Waals surface area contributed by atoms with Crippen molar-refractivity contribution in [3.05, 3.63) is 47.9 Å². The molecule has 0 aliphatic carbocycles. The van der Waals surface area contributed by atoms with Gasteiger partial charge in [-0.3, -0.25) is 5.32 Å². The van der Waals surface area contributed by atoms with Crippen LogP contribution in [-0.2, 0) is 6.54 Å². The minimum atomic E-state index is -0.445. The summed E-state index contributed by atoms with van der Waals surface area (Å²) in [7, 11) is 1.58. The van der Waals surface area contributed by atoms with Crippen LogP contribution in [0.1, 0.15) is 24.3 Å². The maximum atomic E-state index is 9.33. The molecule has 0 aliphatic heterocycles. The van der Waals surface area contributed by atoms with Gasteiger partial charge >= 0.3 is 0 Å². The van der Waals surface area contributed by atoms with Gasteiger partial charge in [0.05, 0.1) is 32.6 Å². The van der Waals surface area contributed by atoms with Gasteiger partial charge in [0.25, 0.3) is 0 Å². The van der Waals surface area contributed by atoms with E-state index in [0.29, 0.717) is 24.7 Å². The average Bonchev–Trinajstić information content (AvgIpc) is 3.02. The second-order valence-corrected chi connectivity index (χ2v) is 4.37. The van der Waals surface area contributed by atoms with Gasteiger partial charge in [-0.15, -0.1) is 0 Å². The Labute approximate surface area is 124 Å². The highest BCUT2D eigenvalue weighted by Gasteiger charge is 2.14. The van der Waals surface area contributed by atoms with Crippen LogP contribution in [0.2, 0.25) is 0 Å². The lowest BCUT2D eigenvalue weighted by Gasteiger charge is -2.14. The third-order valence-electron chi connectivity index (χ3n) is 3.01. The molecule has 21 heavy (non-hydrogen) atoms. The topological polar surface area (TPSA) is 67.4 Å². The van der Waals surface area contributed by atoms with Crippen LogP contribution in [0, 0.1) is 11.3 Å². The van der Waals surface area contributed by atoms with E-state index < -0.39 is 6.04 Å². The number of methoxy groups -OCH3 is 1. The summed E-state index contributed by atoms with van der Waals surface area (Å²) >= 11 is 0. The van der Waals surface area contributed by atoms with Crippen molar-refractivity contribution in [1.82, 2.24) is 5.32 Å². The van der Waals surface area contributed by atoms with E-state index in [1.54, 1.807) is 13.4 Å². The Morgan fingerprint density at radius 1 is 1.33 bits per heavy atom. The number of benzene rings is 1. The van der Waals surface area contributed by atoms with Crippen LogP contribution in [0.25, 0.3) is 0 Å². The summed E-state index contributed by atoms with van der Waals surface area (Å²) in [6.45, 7) is 2.96. The van der Waals surface area contributed by atoms with Gasteiger partial charge in [-0.1, -0.05) is 6.07 Å². The van der Waals surface area contributed by atoms with E-state index >= 15 is 0 Å². The molecule has 5 heteroatoms. The molecular weight excluding hydrogens is 268 g/mol. The van der Waals surface area contributed by atoms with E-state index in [1.807, 2.05) is 37.3 Å². The van der Waals surface area contributed by atoms with E-state index in [0.717, 1.165) is 11.3 Å². The minimum Gasteiger partial charge on any atom is -0.493 e. The Balaban J connectivity index is 2.12. The first-order valence-corrected chi connectivity index (χ1v) is 6.74. The zero-order chi connectivity index (χ0) is 15.1. The van der Waals surface area contributed by atoms with Crippen LogP contribution >= 0.6 is 0 Å². The Morgan fingerprint density at radius 2 is 2.19 bits per heavy atom. The monoisotopic (exact) mass is 286 g/mol. The van der Waals surface area contributed by atoms with Crippen molar-refractivity contribution in [3.8, 4) is 17.6 Å². The number of hydrogen-bond acceptors (Lipinski definition) is 5. The van der Waals surface area contributed by atoms with Crippen molar-refractivity contribution < 1.29 is 13.9 Å². The third-order valence-corrected chi connectivity index (χ3v) is 3.01. The molecule has 0 aliphatic rings. The molecule has 0 fully saturated rings. The molecule has 1 N–H and O–H groups in total. The summed E-state index contributed by atoms with van der Waals surface area (Å²) in [5.41, 5.74) is 0.823. The second kappa shape index (κ2) is 7.36. The zero-order valence-corrected chi connectivity index (χ0v) is 12.1. The normalized spacial score (nSPS) is 11.7. The first kappa shape index (κ1) is 14.9. The molecule has 1 heterocycles. The lowest BCUT2D eigenvalue weighted by atomic mass is 10.1. The molecule has 2 aromatic rings. The van der Waals surface area contributed by atoms with Gasteiger partial charge in [-0.05, 0) is 36.8 Å². The number of ether oxygens (including phenoxy) is 2. The Hall–Kier alpha value is -2.45. The predicted molar refractivity (Wildman–Crippen MR) is 78.1 cm³/mol. The summed E-state index contributed by atoms with van der Waals surface area (Å²) in [5, 5.41) is 12.5. The van der Waals surface area contributed by atoms with Crippen LogP contribution < -0.4 is 14.8 Å². The summed E-state index contributed by atoms with van der Waals surface area (Å²) < 4.78 is 16.0. The number of nitriles is 1. The lowest BCUT2D eigenvalue weighted by molar-refractivity contribution is 0.310. The maximum Gasteiger partial charge on any atom is 0.161 e. The minimum absolute atomic E-state index is 0.445. The van der Waals surface area contributed by atoms with E-state index in [1.165, 1.54) is 0 Å². The van der Waals surface area contributed by atoms with Gasteiger partial charge in [0, 0.05) is 0 Å². The SMILES string of the molecule is CCOc1ccc(C(C#N)NCc2ccco2)cc1OC. The fourth-order valence-electron chi connectivity index (χ4n) is 1.99. The fourth-order valence-corrected chi connectivity index (χ4v) is 1.99. The lowest BCUT2D eigenvalue weighted by Crippen LogP contribution is -2.19.